The van der Waals surface area contributed by atoms with Gasteiger partial charge in [-0.1, -0.05) is 24.3 Å². The van der Waals surface area contributed by atoms with Crippen molar-refractivity contribution in [3.05, 3.63) is 65.6 Å². The molecule has 0 fully saturated rings. The second kappa shape index (κ2) is 7.31. The fraction of sp³-hybridized carbons (Fsp3) is 0.0526. The SMILES string of the molecule is NC(=O)c1cc(-c2ccc(F)cc2)c2ccc(CN(C(=O)O)C(=O)O)cc2n1. The molecule has 0 saturated heterocycles. The molecule has 142 valence electrons. The highest BCUT2D eigenvalue weighted by Crippen LogP contribution is 2.30. The minimum absolute atomic E-state index is 0.0303. The summed E-state index contributed by atoms with van der Waals surface area (Å²) in [4.78, 5) is 38.2. The molecule has 3 amide bonds. The number of amides is 3. The normalized spacial score (nSPS) is 10.6. The lowest BCUT2D eigenvalue weighted by atomic mass is 9.98. The van der Waals surface area contributed by atoms with Gasteiger partial charge in [0.05, 0.1) is 12.1 Å². The number of fused-ring (bicyclic) bond motifs is 1. The molecule has 1 heterocycles. The van der Waals surface area contributed by atoms with Gasteiger partial charge in [0.25, 0.3) is 5.91 Å². The van der Waals surface area contributed by atoms with Gasteiger partial charge >= 0.3 is 12.2 Å². The van der Waals surface area contributed by atoms with Crippen LogP contribution in [0, 0.1) is 5.82 Å². The summed E-state index contributed by atoms with van der Waals surface area (Å²) in [5.74, 6) is -1.18. The Morgan fingerprint density at radius 3 is 2.21 bits per heavy atom. The number of halogens is 1. The first-order valence-corrected chi connectivity index (χ1v) is 7.99. The minimum atomic E-state index is -1.61. The topological polar surface area (TPSA) is 134 Å². The number of hydrogen-bond donors (Lipinski definition) is 3. The van der Waals surface area contributed by atoms with Crippen LogP contribution in [-0.2, 0) is 6.54 Å². The first kappa shape index (κ1) is 18.8. The smallest absolute Gasteiger partial charge is 0.417 e. The number of benzene rings is 2. The molecule has 2 aromatic carbocycles. The zero-order chi connectivity index (χ0) is 20.4. The van der Waals surface area contributed by atoms with Gasteiger partial charge in [-0.15, -0.1) is 0 Å². The molecule has 0 spiro atoms. The number of imide groups is 1. The zero-order valence-corrected chi connectivity index (χ0v) is 14.3. The molecule has 0 radical (unpaired) electrons. The van der Waals surface area contributed by atoms with E-state index in [4.69, 9.17) is 15.9 Å². The number of carbonyl (C=O) groups is 3. The van der Waals surface area contributed by atoms with E-state index >= 15 is 0 Å². The number of nitrogens with two attached hydrogens (primary N) is 1. The van der Waals surface area contributed by atoms with Gasteiger partial charge in [-0.25, -0.2) is 23.9 Å². The van der Waals surface area contributed by atoms with E-state index in [0.717, 1.165) is 0 Å². The predicted octanol–water partition coefficient (Wildman–Crippen LogP) is 3.30. The summed E-state index contributed by atoms with van der Waals surface area (Å²) in [7, 11) is 0. The van der Waals surface area contributed by atoms with Crippen molar-refractivity contribution in [2.45, 2.75) is 6.54 Å². The van der Waals surface area contributed by atoms with Gasteiger partial charge < -0.3 is 15.9 Å². The number of primary amides is 1. The van der Waals surface area contributed by atoms with E-state index in [1.807, 2.05) is 0 Å². The van der Waals surface area contributed by atoms with Crippen LogP contribution >= 0.6 is 0 Å². The van der Waals surface area contributed by atoms with E-state index in [1.54, 1.807) is 24.3 Å². The third-order valence-electron chi connectivity index (χ3n) is 4.08. The quantitative estimate of drug-likeness (QED) is 0.633. The fourth-order valence-corrected chi connectivity index (χ4v) is 2.77. The van der Waals surface area contributed by atoms with Gasteiger partial charge in [0.1, 0.15) is 11.5 Å². The van der Waals surface area contributed by atoms with Gasteiger partial charge in [-0.05, 0) is 41.0 Å². The van der Waals surface area contributed by atoms with Crippen LogP contribution in [0.1, 0.15) is 16.1 Å². The zero-order valence-electron chi connectivity index (χ0n) is 14.3. The van der Waals surface area contributed by atoms with Crippen LogP contribution < -0.4 is 5.73 Å². The van der Waals surface area contributed by atoms with Crippen LogP contribution in [0.15, 0.2) is 48.5 Å². The van der Waals surface area contributed by atoms with Crippen molar-refractivity contribution in [1.29, 1.82) is 0 Å². The van der Waals surface area contributed by atoms with Crippen molar-refractivity contribution in [1.82, 2.24) is 9.88 Å². The van der Waals surface area contributed by atoms with E-state index in [9.17, 15) is 18.8 Å². The molecule has 0 aliphatic carbocycles. The van der Waals surface area contributed by atoms with E-state index < -0.39 is 30.5 Å². The Kier molecular flexibility index (Phi) is 4.90. The molecule has 9 heteroatoms. The lowest BCUT2D eigenvalue weighted by molar-refractivity contribution is 0.0995. The average molecular weight is 383 g/mol. The van der Waals surface area contributed by atoms with Crippen molar-refractivity contribution < 1.29 is 29.0 Å². The Morgan fingerprint density at radius 1 is 1.00 bits per heavy atom. The van der Waals surface area contributed by atoms with Crippen LogP contribution in [0.2, 0.25) is 0 Å². The summed E-state index contributed by atoms with van der Waals surface area (Å²) in [6, 6.07) is 11.8. The molecule has 3 aromatic rings. The first-order chi connectivity index (χ1) is 13.3. The van der Waals surface area contributed by atoms with E-state index in [2.05, 4.69) is 4.98 Å². The number of pyridine rings is 1. The van der Waals surface area contributed by atoms with Crippen molar-refractivity contribution in [2.75, 3.05) is 0 Å². The second-order valence-corrected chi connectivity index (χ2v) is 5.93. The van der Waals surface area contributed by atoms with E-state index in [1.165, 1.54) is 24.3 Å². The van der Waals surface area contributed by atoms with Crippen LogP contribution in [0.3, 0.4) is 0 Å². The van der Waals surface area contributed by atoms with E-state index in [0.29, 0.717) is 27.6 Å². The molecule has 0 aliphatic rings. The molecule has 28 heavy (non-hydrogen) atoms. The van der Waals surface area contributed by atoms with Gasteiger partial charge in [0, 0.05) is 5.39 Å². The van der Waals surface area contributed by atoms with Gasteiger partial charge in [0.2, 0.25) is 0 Å². The molecule has 0 bridgehead atoms. The lowest BCUT2D eigenvalue weighted by Crippen LogP contribution is -2.33. The maximum absolute atomic E-state index is 13.2. The number of hydrogen-bond acceptors (Lipinski definition) is 4. The highest BCUT2D eigenvalue weighted by molar-refractivity contribution is 6.01. The number of carboxylic acid groups (broad SMARTS) is 2. The maximum Gasteiger partial charge on any atom is 0.417 e. The van der Waals surface area contributed by atoms with Crippen LogP contribution in [-0.4, -0.2) is 38.2 Å². The standard InChI is InChI=1S/C19H14FN3O5/c20-12-4-2-11(3-5-12)14-8-16(17(21)24)22-15-7-10(1-6-13(14)15)9-23(18(25)26)19(27)28/h1-8H,9H2,(H2,21,24)(H,25,26)(H,27,28). The van der Waals surface area contributed by atoms with Crippen molar-refractivity contribution in [2.24, 2.45) is 5.73 Å². The van der Waals surface area contributed by atoms with Crippen molar-refractivity contribution in [3.8, 4) is 11.1 Å². The summed E-state index contributed by atoms with van der Waals surface area (Å²) >= 11 is 0. The number of aromatic nitrogens is 1. The lowest BCUT2D eigenvalue weighted by Gasteiger charge is -2.14. The average Bonchev–Trinajstić information content (AvgIpc) is 2.65. The molecular weight excluding hydrogens is 369 g/mol. The summed E-state index contributed by atoms with van der Waals surface area (Å²) in [6.45, 7) is -0.408. The Morgan fingerprint density at radius 2 is 1.64 bits per heavy atom. The van der Waals surface area contributed by atoms with Crippen molar-refractivity contribution in [3.63, 3.8) is 0 Å². The molecule has 0 unspecified atom stereocenters. The van der Waals surface area contributed by atoms with Crippen molar-refractivity contribution >= 4 is 29.0 Å². The minimum Gasteiger partial charge on any atom is -0.465 e. The summed E-state index contributed by atoms with van der Waals surface area (Å²) in [5.41, 5.74) is 7.21. The van der Waals surface area contributed by atoms with Crippen LogP contribution in [0.5, 0.6) is 0 Å². The number of carbonyl (C=O) groups excluding carboxylic acids is 1. The molecule has 0 atom stereocenters. The highest BCUT2D eigenvalue weighted by atomic mass is 19.1. The molecule has 1 aromatic heterocycles. The summed E-state index contributed by atoms with van der Waals surface area (Å²) in [5, 5.41) is 18.6. The highest BCUT2D eigenvalue weighted by Gasteiger charge is 2.20. The maximum atomic E-state index is 13.2. The molecule has 4 N–H and O–H groups in total. The van der Waals surface area contributed by atoms with E-state index in [-0.39, 0.29) is 10.6 Å². The number of nitrogens with zero attached hydrogens (tertiary/aromatic N) is 2. The first-order valence-electron chi connectivity index (χ1n) is 7.99. The third-order valence-corrected chi connectivity index (χ3v) is 4.08. The Hall–Kier alpha value is -4.01. The largest absolute Gasteiger partial charge is 0.465 e. The van der Waals surface area contributed by atoms with Gasteiger partial charge in [0.15, 0.2) is 0 Å². The third kappa shape index (κ3) is 3.73. The Balaban J connectivity index is 2.15. The van der Waals surface area contributed by atoms with Gasteiger partial charge in [-0.2, -0.15) is 0 Å². The molecule has 3 rings (SSSR count). The van der Waals surface area contributed by atoms with Gasteiger partial charge in [-0.3, -0.25) is 4.79 Å². The summed E-state index contributed by atoms with van der Waals surface area (Å²) < 4.78 is 13.2. The molecule has 0 saturated carbocycles. The second-order valence-electron chi connectivity index (χ2n) is 5.93. The summed E-state index contributed by atoms with van der Waals surface area (Å²) in [6.07, 6.45) is -3.23. The van der Waals surface area contributed by atoms with Crippen LogP contribution in [0.4, 0.5) is 14.0 Å². The Labute approximate surface area is 157 Å². The molecule has 0 aliphatic heterocycles. The van der Waals surface area contributed by atoms with Crippen LogP contribution in [0.25, 0.3) is 22.0 Å². The molecule has 8 nitrogen and oxygen atoms in total. The molecular formula is C19H14FN3O5. The number of rotatable bonds is 4. The fourth-order valence-electron chi connectivity index (χ4n) is 2.77. The predicted molar refractivity (Wildman–Crippen MR) is 97.2 cm³/mol. The Bertz CT molecular complexity index is 1080. The monoisotopic (exact) mass is 383 g/mol.